The lowest BCUT2D eigenvalue weighted by atomic mass is 10.1. The highest BCUT2D eigenvalue weighted by atomic mass is 35.5. The van der Waals surface area contributed by atoms with Crippen LogP contribution < -0.4 is 4.90 Å². The number of benzene rings is 1. The van der Waals surface area contributed by atoms with Crippen LogP contribution in [0.3, 0.4) is 0 Å². The molecule has 19 heavy (non-hydrogen) atoms. The summed E-state index contributed by atoms with van der Waals surface area (Å²) in [4.78, 5) is 24.4. The van der Waals surface area contributed by atoms with E-state index in [0.717, 1.165) is 4.90 Å². The summed E-state index contributed by atoms with van der Waals surface area (Å²) in [7, 11) is 0. The van der Waals surface area contributed by atoms with Gasteiger partial charge >= 0.3 is 6.18 Å². The number of amides is 1. The first-order chi connectivity index (χ1) is 8.81. The maximum absolute atomic E-state index is 12.1. The van der Waals surface area contributed by atoms with Crippen molar-refractivity contribution < 1.29 is 22.8 Å². The lowest BCUT2D eigenvalue weighted by molar-refractivity contribution is -0.135. The molecule has 1 aromatic carbocycles. The van der Waals surface area contributed by atoms with Crippen LogP contribution in [0.1, 0.15) is 23.2 Å². The summed E-state index contributed by atoms with van der Waals surface area (Å²) in [6.45, 7) is -0.180. The topological polar surface area (TPSA) is 37.4 Å². The molecule has 0 aromatic heterocycles. The number of halogens is 4. The van der Waals surface area contributed by atoms with Crippen molar-refractivity contribution in [1.29, 1.82) is 0 Å². The second-order valence-electron chi connectivity index (χ2n) is 4.14. The van der Waals surface area contributed by atoms with Gasteiger partial charge in [-0.3, -0.25) is 9.59 Å². The summed E-state index contributed by atoms with van der Waals surface area (Å²) in [6, 6.07) is 4.44. The molecule has 1 aromatic rings. The molecule has 0 unspecified atom stereocenters. The second kappa shape index (κ2) is 4.85. The zero-order valence-electron chi connectivity index (χ0n) is 9.63. The third-order valence-electron chi connectivity index (χ3n) is 2.78. The van der Waals surface area contributed by atoms with E-state index in [1.54, 1.807) is 0 Å². The Kier molecular flexibility index (Phi) is 3.54. The Bertz CT molecular complexity index is 542. The molecule has 7 heteroatoms. The van der Waals surface area contributed by atoms with E-state index in [4.69, 9.17) is 11.6 Å². The molecule has 0 atom stereocenters. The predicted molar refractivity (Wildman–Crippen MR) is 63.4 cm³/mol. The van der Waals surface area contributed by atoms with Gasteiger partial charge in [-0.05, 0) is 18.6 Å². The number of para-hydroxylation sites is 1. The largest absolute Gasteiger partial charge is 0.389 e. The molecule has 3 nitrogen and oxygen atoms in total. The van der Waals surface area contributed by atoms with Gasteiger partial charge in [0.15, 0.2) is 0 Å². The van der Waals surface area contributed by atoms with Crippen LogP contribution in [-0.2, 0) is 4.79 Å². The Morgan fingerprint density at radius 1 is 1.21 bits per heavy atom. The average molecular weight is 292 g/mol. The normalized spacial score (nSPS) is 15.1. The fourth-order valence-electron chi connectivity index (χ4n) is 1.96. The van der Waals surface area contributed by atoms with E-state index in [1.165, 1.54) is 18.2 Å². The number of anilines is 1. The number of rotatable bonds is 3. The Morgan fingerprint density at radius 2 is 1.89 bits per heavy atom. The lowest BCUT2D eigenvalue weighted by Crippen LogP contribution is -2.31. The minimum atomic E-state index is -4.28. The quantitative estimate of drug-likeness (QED) is 0.802. The first-order valence-electron chi connectivity index (χ1n) is 5.53. The SMILES string of the molecule is O=C1C(=O)N(CCCC(F)(F)F)c2c(Cl)cccc21. The van der Waals surface area contributed by atoms with Gasteiger partial charge in [-0.25, -0.2) is 0 Å². The Labute approximate surface area is 111 Å². The van der Waals surface area contributed by atoms with Crippen LogP contribution in [0.25, 0.3) is 0 Å². The third-order valence-corrected chi connectivity index (χ3v) is 3.09. The fourth-order valence-corrected chi connectivity index (χ4v) is 2.24. The van der Waals surface area contributed by atoms with Crippen molar-refractivity contribution in [3.05, 3.63) is 28.8 Å². The highest BCUT2D eigenvalue weighted by Gasteiger charge is 2.37. The summed E-state index contributed by atoms with van der Waals surface area (Å²) in [5.74, 6) is -1.56. The smallest absolute Gasteiger partial charge is 0.303 e. The van der Waals surface area contributed by atoms with Gasteiger partial charge in [-0.2, -0.15) is 13.2 Å². The molecule has 0 radical (unpaired) electrons. The number of hydrogen-bond acceptors (Lipinski definition) is 2. The lowest BCUT2D eigenvalue weighted by Gasteiger charge is -2.17. The molecular weight excluding hydrogens is 283 g/mol. The van der Waals surface area contributed by atoms with Gasteiger partial charge in [-0.1, -0.05) is 17.7 Å². The molecule has 1 aliphatic heterocycles. The average Bonchev–Trinajstić information content (AvgIpc) is 2.54. The molecule has 0 saturated carbocycles. The summed E-state index contributed by atoms with van der Waals surface area (Å²) < 4.78 is 36.2. The van der Waals surface area contributed by atoms with E-state index in [1.807, 2.05) is 0 Å². The molecule has 0 spiro atoms. The maximum atomic E-state index is 12.1. The van der Waals surface area contributed by atoms with Crippen LogP contribution in [0.5, 0.6) is 0 Å². The van der Waals surface area contributed by atoms with Crippen LogP contribution in [0, 0.1) is 0 Å². The van der Waals surface area contributed by atoms with Crippen molar-refractivity contribution in [2.75, 3.05) is 11.4 Å². The van der Waals surface area contributed by atoms with Gasteiger partial charge in [0.1, 0.15) is 0 Å². The van der Waals surface area contributed by atoms with Crippen molar-refractivity contribution in [2.45, 2.75) is 19.0 Å². The molecule has 1 aliphatic rings. The van der Waals surface area contributed by atoms with Gasteiger partial charge in [0.05, 0.1) is 16.3 Å². The van der Waals surface area contributed by atoms with E-state index in [2.05, 4.69) is 0 Å². The van der Waals surface area contributed by atoms with Crippen LogP contribution in [0.4, 0.5) is 18.9 Å². The van der Waals surface area contributed by atoms with Crippen LogP contribution >= 0.6 is 11.6 Å². The molecule has 2 rings (SSSR count). The zero-order valence-corrected chi connectivity index (χ0v) is 10.4. The Hall–Kier alpha value is -1.56. The number of carbonyl (C=O) groups is 2. The molecule has 102 valence electrons. The number of Topliss-reactive ketones (excluding diaryl/α,β-unsaturated/α-hetero) is 1. The van der Waals surface area contributed by atoms with Crippen molar-refractivity contribution in [1.82, 2.24) is 0 Å². The third kappa shape index (κ3) is 2.73. The molecule has 0 N–H and O–H groups in total. The predicted octanol–water partition coefficient (Wildman–Crippen LogP) is 3.21. The second-order valence-corrected chi connectivity index (χ2v) is 4.55. The van der Waals surface area contributed by atoms with E-state index < -0.39 is 24.3 Å². The fraction of sp³-hybridized carbons (Fsp3) is 0.333. The number of carbonyl (C=O) groups excluding carboxylic acids is 2. The molecule has 0 saturated heterocycles. The van der Waals surface area contributed by atoms with E-state index in [-0.39, 0.29) is 29.2 Å². The van der Waals surface area contributed by atoms with Crippen LogP contribution in [0.2, 0.25) is 5.02 Å². The summed E-state index contributed by atoms with van der Waals surface area (Å²) in [5.41, 5.74) is 0.353. The van der Waals surface area contributed by atoms with Gasteiger partial charge < -0.3 is 4.90 Å². The standard InChI is InChI=1S/C12H9ClF3NO2/c13-8-4-1-3-7-9(8)17(11(19)10(7)18)6-2-5-12(14,15)16/h1,3-4H,2,5-6H2. The monoisotopic (exact) mass is 291 g/mol. The van der Waals surface area contributed by atoms with E-state index >= 15 is 0 Å². The number of ketones is 1. The molecule has 1 heterocycles. The van der Waals surface area contributed by atoms with Gasteiger partial charge in [-0.15, -0.1) is 0 Å². The zero-order chi connectivity index (χ0) is 14.2. The molecule has 0 fully saturated rings. The molecule has 0 bridgehead atoms. The van der Waals surface area contributed by atoms with Crippen molar-refractivity contribution in [3.8, 4) is 0 Å². The maximum Gasteiger partial charge on any atom is 0.389 e. The number of fused-ring (bicyclic) bond motifs is 1. The summed E-state index contributed by atoms with van der Waals surface area (Å²) >= 11 is 5.90. The Balaban J connectivity index is 2.19. The van der Waals surface area contributed by atoms with E-state index in [9.17, 15) is 22.8 Å². The highest BCUT2D eigenvalue weighted by Crippen LogP contribution is 2.36. The van der Waals surface area contributed by atoms with Gasteiger partial charge in [0, 0.05) is 13.0 Å². The van der Waals surface area contributed by atoms with Gasteiger partial charge in [0.2, 0.25) is 0 Å². The minimum Gasteiger partial charge on any atom is -0.303 e. The van der Waals surface area contributed by atoms with Crippen LogP contribution in [-0.4, -0.2) is 24.4 Å². The number of hydrogen-bond donors (Lipinski definition) is 0. The minimum absolute atomic E-state index is 0.143. The van der Waals surface area contributed by atoms with Crippen molar-refractivity contribution >= 4 is 29.0 Å². The molecule has 0 aliphatic carbocycles. The molecular formula is C12H9ClF3NO2. The summed E-state index contributed by atoms with van der Waals surface area (Å²) in [5, 5.41) is 0.184. The summed E-state index contributed by atoms with van der Waals surface area (Å²) in [6.07, 6.45) is -5.56. The van der Waals surface area contributed by atoms with Crippen molar-refractivity contribution in [2.24, 2.45) is 0 Å². The number of alkyl halides is 3. The van der Waals surface area contributed by atoms with Crippen LogP contribution in [0.15, 0.2) is 18.2 Å². The number of nitrogens with zero attached hydrogens (tertiary/aromatic N) is 1. The first-order valence-corrected chi connectivity index (χ1v) is 5.90. The van der Waals surface area contributed by atoms with Crippen molar-refractivity contribution in [3.63, 3.8) is 0 Å². The Morgan fingerprint density at radius 3 is 2.53 bits per heavy atom. The van der Waals surface area contributed by atoms with Gasteiger partial charge in [0.25, 0.3) is 11.7 Å². The first kappa shape index (κ1) is 13.9. The highest BCUT2D eigenvalue weighted by molar-refractivity contribution is 6.54. The molecule has 1 amide bonds. The van der Waals surface area contributed by atoms with E-state index in [0.29, 0.717) is 0 Å².